The average molecular weight is 328 g/mol. The third-order valence-electron chi connectivity index (χ3n) is 4.06. The monoisotopic (exact) mass is 328 g/mol. The predicted molar refractivity (Wildman–Crippen MR) is 87.3 cm³/mol. The van der Waals surface area contributed by atoms with Crippen LogP contribution >= 0.6 is 11.3 Å². The highest BCUT2D eigenvalue weighted by atomic mass is 32.1. The molecule has 4 rings (SSSR count). The van der Waals surface area contributed by atoms with Crippen LogP contribution in [0.5, 0.6) is 0 Å². The molecule has 3 heterocycles. The van der Waals surface area contributed by atoms with Crippen LogP contribution in [-0.4, -0.2) is 30.9 Å². The Bertz CT molecular complexity index is 817. The molecule has 0 spiro atoms. The molecule has 1 aliphatic carbocycles. The summed E-state index contributed by atoms with van der Waals surface area (Å²) in [5, 5.41) is 16.3. The van der Waals surface area contributed by atoms with Crippen molar-refractivity contribution in [1.29, 1.82) is 0 Å². The topological polar surface area (TPSA) is 88.5 Å². The first-order valence-corrected chi connectivity index (χ1v) is 8.39. The molecule has 0 radical (unpaired) electrons. The number of carbonyl (C=O) groups is 1. The van der Waals surface area contributed by atoms with Gasteiger partial charge in [0, 0.05) is 23.3 Å². The number of rotatable bonds is 5. The second kappa shape index (κ2) is 5.62. The van der Waals surface area contributed by atoms with Gasteiger partial charge in [0.05, 0.1) is 24.1 Å². The second-order valence-electron chi connectivity index (χ2n) is 5.77. The molecule has 1 atom stereocenters. The van der Waals surface area contributed by atoms with Crippen LogP contribution < -0.4 is 5.32 Å². The quantitative estimate of drug-likeness (QED) is 0.753. The minimum absolute atomic E-state index is 0.227. The van der Waals surface area contributed by atoms with Crippen LogP contribution in [0.1, 0.15) is 36.3 Å². The zero-order chi connectivity index (χ0) is 15.8. The molecular weight excluding hydrogens is 312 g/mol. The fourth-order valence-corrected chi connectivity index (χ4v) is 3.28. The van der Waals surface area contributed by atoms with Crippen LogP contribution in [0, 0.1) is 5.92 Å². The number of hydrogen-bond donors (Lipinski definition) is 2. The van der Waals surface area contributed by atoms with E-state index in [-0.39, 0.29) is 5.91 Å². The molecule has 7 nitrogen and oxygen atoms in total. The van der Waals surface area contributed by atoms with Gasteiger partial charge in [-0.2, -0.15) is 10.2 Å². The second-order valence-corrected chi connectivity index (χ2v) is 6.62. The lowest BCUT2D eigenvalue weighted by Gasteiger charge is -2.09. The number of aromatic amines is 1. The molecule has 8 heteroatoms. The summed E-state index contributed by atoms with van der Waals surface area (Å²) in [7, 11) is 0. The van der Waals surface area contributed by atoms with Gasteiger partial charge in [0.15, 0.2) is 0 Å². The number of aromatic nitrogens is 5. The summed E-state index contributed by atoms with van der Waals surface area (Å²) in [5.74, 6) is 0.490. The highest BCUT2D eigenvalue weighted by molar-refractivity contribution is 7.13. The van der Waals surface area contributed by atoms with E-state index in [1.165, 1.54) is 24.2 Å². The van der Waals surface area contributed by atoms with Gasteiger partial charge in [0.25, 0.3) is 5.91 Å². The zero-order valence-corrected chi connectivity index (χ0v) is 13.4. The third-order valence-corrected chi connectivity index (χ3v) is 4.95. The van der Waals surface area contributed by atoms with Gasteiger partial charge in [-0.15, -0.1) is 11.3 Å². The van der Waals surface area contributed by atoms with Crippen LogP contribution in [0.3, 0.4) is 0 Å². The van der Waals surface area contributed by atoms with Gasteiger partial charge in [-0.1, -0.05) is 0 Å². The van der Waals surface area contributed by atoms with E-state index in [1.807, 2.05) is 10.9 Å². The van der Waals surface area contributed by atoms with Gasteiger partial charge in [-0.25, -0.2) is 4.98 Å². The molecule has 0 bridgehead atoms. The van der Waals surface area contributed by atoms with Crippen LogP contribution in [-0.2, 0) is 0 Å². The fourth-order valence-electron chi connectivity index (χ4n) is 2.49. The Hall–Kier alpha value is -2.48. The molecule has 2 N–H and O–H groups in total. The van der Waals surface area contributed by atoms with Gasteiger partial charge in [-0.3, -0.25) is 14.6 Å². The molecule has 1 unspecified atom stereocenters. The standard InChI is InChI=1S/C15H16N6OS/c1-9(10-2-3-10)21-7-12(6-18-21)19-14(22)13-8-23-15(20-13)11-4-16-17-5-11/h4-10H,2-3H2,1H3,(H,16,17)(H,19,22). The van der Waals surface area contributed by atoms with Crippen LogP contribution in [0.2, 0.25) is 0 Å². The Morgan fingerprint density at radius 1 is 1.48 bits per heavy atom. The summed E-state index contributed by atoms with van der Waals surface area (Å²) >= 11 is 1.42. The van der Waals surface area contributed by atoms with Crippen molar-refractivity contribution >= 4 is 22.9 Å². The molecule has 0 aliphatic heterocycles. The molecule has 1 fully saturated rings. The zero-order valence-electron chi connectivity index (χ0n) is 12.6. The summed E-state index contributed by atoms with van der Waals surface area (Å²) in [5.41, 5.74) is 1.97. The van der Waals surface area contributed by atoms with Gasteiger partial charge in [0.1, 0.15) is 10.7 Å². The normalized spacial score (nSPS) is 15.5. The lowest BCUT2D eigenvalue weighted by atomic mass is 10.2. The summed E-state index contributed by atoms with van der Waals surface area (Å²) in [4.78, 5) is 16.6. The lowest BCUT2D eigenvalue weighted by Crippen LogP contribution is -2.12. The molecule has 118 valence electrons. The molecule has 1 saturated carbocycles. The average Bonchev–Trinajstić information content (AvgIpc) is 3.01. The van der Waals surface area contributed by atoms with Crippen molar-refractivity contribution in [2.75, 3.05) is 5.32 Å². The van der Waals surface area contributed by atoms with Gasteiger partial charge < -0.3 is 5.32 Å². The number of anilines is 1. The molecule has 0 aromatic carbocycles. The summed E-state index contributed by atoms with van der Waals surface area (Å²) in [6.07, 6.45) is 9.52. The highest BCUT2D eigenvalue weighted by Crippen LogP contribution is 2.39. The van der Waals surface area contributed by atoms with E-state index in [2.05, 4.69) is 32.5 Å². The first-order valence-electron chi connectivity index (χ1n) is 7.51. The maximum atomic E-state index is 12.3. The molecule has 0 saturated heterocycles. The Kier molecular flexibility index (Phi) is 3.45. The molecular formula is C15H16N6OS. The van der Waals surface area contributed by atoms with E-state index in [0.717, 1.165) is 16.5 Å². The van der Waals surface area contributed by atoms with Crippen molar-refractivity contribution < 1.29 is 4.79 Å². The van der Waals surface area contributed by atoms with E-state index in [9.17, 15) is 4.79 Å². The van der Waals surface area contributed by atoms with Crippen molar-refractivity contribution in [2.24, 2.45) is 5.92 Å². The van der Waals surface area contributed by atoms with Gasteiger partial charge in [0.2, 0.25) is 0 Å². The lowest BCUT2D eigenvalue weighted by molar-refractivity contribution is 0.102. The fraction of sp³-hybridized carbons (Fsp3) is 0.333. The molecule has 1 aliphatic rings. The van der Waals surface area contributed by atoms with E-state index >= 15 is 0 Å². The first-order chi connectivity index (χ1) is 11.2. The number of carbonyl (C=O) groups excluding carboxylic acids is 1. The number of nitrogens with zero attached hydrogens (tertiary/aromatic N) is 4. The van der Waals surface area contributed by atoms with E-state index in [0.29, 0.717) is 17.4 Å². The number of H-pyrrole nitrogens is 1. The molecule has 3 aromatic heterocycles. The smallest absolute Gasteiger partial charge is 0.275 e. The Morgan fingerprint density at radius 3 is 3.09 bits per heavy atom. The van der Waals surface area contributed by atoms with Crippen molar-refractivity contribution in [3.05, 3.63) is 35.9 Å². The predicted octanol–water partition coefficient (Wildman–Crippen LogP) is 2.95. The maximum Gasteiger partial charge on any atom is 0.275 e. The first kappa shape index (κ1) is 14.1. The van der Waals surface area contributed by atoms with E-state index in [1.54, 1.807) is 24.0 Å². The largest absolute Gasteiger partial charge is 0.318 e. The minimum Gasteiger partial charge on any atom is -0.318 e. The number of nitrogens with one attached hydrogen (secondary N) is 2. The van der Waals surface area contributed by atoms with Crippen molar-refractivity contribution in [3.8, 4) is 10.6 Å². The van der Waals surface area contributed by atoms with Gasteiger partial charge >= 0.3 is 0 Å². The Labute approximate surface area is 136 Å². The summed E-state index contributed by atoms with van der Waals surface area (Å²) in [6.45, 7) is 2.16. The van der Waals surface area contributed by atoms with Gasteiger partial charge in [-0.05, 0) is 25.7 Å². The number of hydrogen-bond acceptors (Lipinski definition) is 5. The minimum atomic E-state index is -0.227. The van der Waals surface area contributed by atoms with Crippen LogP contribution in [0.4, 0.5) is 5.69 Å². The third kappa shape index (κ3) is 2.89. The summed E-state index contributed by atoms with van der Waals surface area (Å²) in [6, 6.07) is 0.382. The number of amides is 1. The van der Waals surface area contributed by atoms with Crippen molar-refractivity contribution in [2.45, 2.75) is 25.8 Å². The number of thiazole rings is 1. The van der Waals surface area contributed by atoms with E-state index < -0.39 is 0 Å². The molecule has 1 amide bonds. The Balaban J connectivity index is 1.45. The molecule has 23 heavy (non-hydrogen) atoms. The summed E-state index contributed by atoms with van der Waals surface area (Å²) < 4.78 is 1.92. The van der Waals surface area contributed by atoms with Crippen molar-refractivity contribution in [1.82, 2.24) is 25.0 Å². The Morgan fingerprint density at radius 2 is 2.35 bits per heavy atom. The maximum absolute atomic E-state index is 12.3. The molecule has 3 aromatic rings. The van der Waals surface area contributed by atoms with Crippen LogP contribution in [0.25, 0.3) is 10.6 Å². The SMILES string of the molecule is CC(C1CC1)n1cc(NC(=O)c2csc(-c3cn[nH]c3)n2)cn1. The van der Waals surface area contributed by atoms with Crippen molar-refractivity contribution in [3.63, 3.8) is 0 Å². The van der Waals surface area contributed by atoms with Crippen LogP contribution in [0.15, 0.2) is 30.2 Å². The highest BCUT2D eigenvalue weighted by Gasteiger charge is 2.29. The van der Waals surface area contributed by atoms with E-state index in [4.69, 9.17) is 0 Å².